The van der Waals surface area contributed by atoms with Crippen LogP contribution >= 0.6 is 0 Å². The molecule has 0 unspecified atom stereocenters. The molecule has 0 atom stereocenters. The van der Waals surface area contributed by atoms with Crippen LogP contribution in [0.25, 0.3) is 10.9 Å². The highest BCUT2D eigenvalue weighted by Crippen LogP contribution is 2.31. The number of hydrogen-bond acceptors (Lipinski definition) is 2. The molecule has 0 spiro atoms. The molecule has 80 valence electrons. The number of rotatable bonds is 2. The second kappa shape index (κ2) is 3.59. The zero-order valence-electron chi connectivity index (χ0n) is 9.09. The average molecular weight is 204 g/mol. The number of phenolic OH excluding ortho intramolecular Hbond substituents is 1. The van der Waals surface area contributed by atoms with E-state index in [4.69, 9.17) is 5.73 Å². The van der Waals surface area contributed by atoms with Gasteiger partial charge in [-0.1, -0.05) is 6.07 Å². The van der Waals surface area contributed by atoms with E-state index in [9.17, 15) is 5.11 Å². The summed E-state index contributed by atoms with van der Waals surface area (Å²) in [7, 11) is 0. The standard InChI is InChI=1S/C12H16N2O/c1-7-3-4-10(15)12-11(7)9(5-6-13)8(2)14-12/h3-4,14-15H,5-6,13H2,1-2H3. The highest BCUT2D eigenvalue weighted by atomic mass is 16.3. The van der Waals surface area contributed by atoms with Crippen molar-refractivity contribution < 1.29 is 5.11 Å². The molecule has 1 aromatic heterocycles. The summed E-state index contributed by atoms with van der Waals surface area (Å²) < 4.78 is 0. The summed E-state index contributed by atoms with van der Waals surface area (Å²) in [6.45, 7) is 4.70. The Morgan fingerprint density at radius 3 is 2.73 bits per heavy atom. The predicted molar refractivity (Wildman–Crippen MR) is 62.2 cm³/mol. The Labute approximate surface area is 88.9 Å². The number of phenols is 1. The van der Waals surface area contributed by atoms with Crippen LogP contribution in [0, 0.1) is 13.8 Å². The summed E-state index contributed by atoms with van der Waals surface area (Å²) >= 11 is 0. The predicted octanol–water partition coefficient (Wildman–Crippen LogP) is 1.99. The summed E-state index contributed by atoms with van der Waals surface area (Å²) in [5, 5.41) is 10.9. The van der Waals surface area contributed by atoms with E-state index < -0.39 is 0 Å². The number of hydrogen-bond donors (Lipinski definition) is 3. The third-order valence-corrected chi connectivity index (χ3v) is 2.85. The number of benzene rings is 1. The van der Waals surface area contributed by atoms with Crippen LogP contribution in [0.1, 0.15) is 16.8 Å². The molecule has 0 saturated heterocycles. The molecule has 0 saturated carbocycles. The lowest BCUT2D eigenvalue weighted by molar-refractivity contribution is 0.480. The monoisotopic (exact) mass is 204 g/mol. The number of aromatic amines is 1. The number of nitrogens with one attached hydrogen (secondary N) is 1. The molecule has 3 heteroatoms. The molecule has 2 rings (SSSR count). The van der Waals surface area contributed by atoms with Crippen LogP contribution in [-0.4, -0.2) is 16.6 Å². The first-order valence-corrected chi connectivity index (χ1v) is 5.15. The van der Waals surface area contributed by atoms with Gasteiger partial charge in [-0.2, -0.15) is 0 Å². The van der Waals surface area contributed by atoms with Crippen LogP contribution < -0.4 is 5.73 Å². The van der Waals surface area contributed by atoms with Crippen molar-refractivity contribution in [1.82, 2.24) is 4.98 Å². The van der Waals surface area contributed by atoms with Gasteiger partial charge in [-0.05, 0) is 44.0 Å². The van der Waals surface area contributed by atoms with E-state index in [1.807, 2.05) is 13.0 Å². The lowest BCUT2D eigenvalue weighted by Gasteiger charge is -2.02. The van der Waals surface area contributed by atoms with Gasteiger partial charge >= 0.3 is 0 Å². The largest absolute Gasteiger partial charge is 0.506 e. The van der Waals surface area contributed by atoms with Crippen molar-refractivity contribution in [2.45, 2.75) is 20.3 Å². The Bertz CT molecular complexity index is 500. The molecule has 2 aromatic rings. The van der Waals surface area contributed by atoms with Gasteiger partial charge in [-0.25, -0.2) is 0 Å². The van der Waals surface area contributed by atoms with Crippen LogP contribution in [0.15, 0.2) is 12.1 Å². The minimum absolute atomic E-state index is 0.307. The number of aryl methyl sites for hydroxylation is 2. The van der Waals surface area contributed by atoms with Crippen LogP contribution in [-0.2, 0) is 6.42 Å². The zero-order valence-corrected chi connectivity index (χ0v) is 9.09. The average Bonchev–Trinajstić information content (AvgIpc) is 2.53. The molecule has 1 heterocycles. The molecule has 15 heavy (non-hydrogen) atoms. The van der Waals surface area contributed by atoms with Crippen molar-refractivity contribution in [1.29, 1.82) is 0 Å². The summed E-state index contributed by atoms with van der Waals surface area (Å²) in [6, 6.07) is 3.66. The van der Waals surface area contributed by atoms with E-state index in [-0.39, 0.29) is 0 Å². The number of fused-ring (bicyclic) bond motifs is 1. The molecule has 1 aromatic carbocycles. The third kappa shape index (κ3) is 1.49. The molecule has 0 aliphatic heterocycles. The lowest BCUT2D eigenvalue weighted by Crippen LogP contribution is -2.03. The van der Waals surface area contributed by atoms with Crippen LogP contribution in [0.5, 0.6) is 5.75 Å². The Morgan fingerprint density at radius 1 is 1.33 bits per heavy atom. The minimum Gasteiger partial charge on any atom is -0.506 e. The summed E-state index contributed by atoms with van der Waals surface area (Å²) in [6.07, 6.45) is 0.843. The lowest BCUT2D eigenvalue weighted by atomic mass is 10.0. The van der Waals surface area contributed by atoms with Crippen LogP contribution in [0.3, 0.4) is 0 Å². The molecule has 0 bridgehead atoms. The fraction of sp³-hybridized carbons (Fsp3) is 0.333. The fourth-order valence-corrected chi connectivity index (χ4v) is 2.12. The van der Waals surface area contributed by atoms with E-state index >= 15 is 0 Å². The quantitative estimate of drug-likeness (QED) is 0.700. The smallest absolute Gasteiger partial charge is 0.139 e. The minimum atomic E-state index is 0.307. The van der Waals surface area contributed by atoms with Crippen molar-refractivity contribution in [3.8, 4) is 5.75 Å². The van der Waals surface area contributed by atoms with Crippen molar-refractivity contribution in [2.24, 2.45) is 5.73 Å². The van der Waals surface area contributed by atoms with Crippen molar-refractivity contribution in [2.75, 3.05) is 6.54 Å². The van der Waals surface area contributed by atoms with Gasteiger partial charge in [0.2, 0.25) is 0 Å². The van der Waals surface area contributed by atoms with Gasteiger partial charge in [0, 0.05) is 11.1 Å². The van der Waals surface area contributed by atoms with Gasteiger partial charge in [0.05, 0.1) is 5.52 Å². The number of nitrogens with two attached hydrogens (primary N) is 1. The first kappa shape index (κ1) is 10.1. The normalized spacial score (nSPS) is 11.1. The van der Waals surface area contributed by atoms with Gasteiger partial charge in [-0.15, -0.1) is 0 Å². The SMILES string of the molecule is Cc1[nH]c2c(O)ccc(C)c2c1CCN. The molecule has 4 N–H and O–H groups in total. The maximum atomic E-state index is 9.74. The maximum Gasteiger partial charge on any atom is 0.139 e. The Balaban J connectivity index is 2.79. The number of aromatic nitrogens is 1. The molecular weight excluding hydrogens is 188 g/mol. The van der Waals surface area contributed by atoms with Crippen LogP contribution in [0.4, 0.5) is 0 Å². The first-order valence-electron chi connectivity index (χ1n) is 5.15. The highest BCUT2D eigenvalue weighted by molar-refractivity contribution is 5.92. The molecule has 0 amide bonds. The van der Waals surface area contributed by atoms with Gasteiger partial charge in [0.1, 0.15) is 5.75 Å². The summed E-state index contributed by atoms with van der Waals surface area (Å²) in [4.78, 5) is 3.22. The highest BCUT2D eigenvalue weighted by Gasteiger charge is 2.12. The molecule has 0 aliphatic carbocycles. The summed E-state index contributed by atoms with van der Waals surface area (Å²) in [5.41, 5.74) is 9.92. The van der Waals surface area contributed by atoms with Gasteiger partial charge in [0.25, 0.3) is 0 Å². The fourth-order valence-electron chi connectivity index (χ4n) is 2.12. The molecular formula is C12H16N2O. The van der Waals surface area contributed by atoms with E-state index in [2.05, 4.69) is 11.9 Å². The van der Waals surface area contributed by atoms with Gasteiger partial charge in [0.15, 0.2) is 0 Å². The first-order chi connectivity index (χ1) is 7.15. The number of aromatic hydroxyl groups is 1. The maximum absolute atomic E-state index is 9.74. The second-order valence-corrected chi connectivity index (χ2v) is 3.92. The van der Waals surface area contributed by atoms with E-state index in [1.165, 1.54) is 11.1 Å². The van der Waals surface area contributed by atoms with Crippen molar-refractivity contribution in [3.05, 3.63) is 29.0 Å². The Morgan fingerprint density at radius 2 is 2.07 bits per heavy atom. The summed E-state index contributed by atoms with van der Waals surface area (Å²) in [5.74, 6) is 0.307. The Hall–Kier alpha value is -1.48. The van der Waals surface area contributed by atoms with Gasteiger partial charge in [-0.3, -0.25) is 0 Å². The zero-order chi connectivity index (χ0) is 11.0. The second-order valence-electron chi connectivity index (χ2n) is 3.92. The third-order valence-electron chi connectivity index (χ3n) is 2.85. The topological polar surface area (TPSA) is 62.0 Å². The van der Waals surface area contributed by atoms with E-state index in [1.54, 1.807) is 6.07 Å². The number of H-pyrrole nitrogens is 1. The van der Waals surface area contributed by atoms with E-state index in [0.717, 1.165) is 23.0 Å². The Kier molecular flexibility index (Phi) is 2.40. The van der Waals surface area contributed by atoms with Gasteiger partial charge < -0.3 is 15.8 Å². The molecule has 0 radical (unpaired) electrons. The molecule has 3 nitrogen and oxygen atoms in total. The van der Waals surface area contributed by atoms with Crippen molar-refractivity contribution >= 4 is 10.9 Å². The van der Waals surface area contributed by atoms with Crippen LogP contribution in [0.2, 0.25) is 0 Å². The molecule has 0 aliphatic rings. The molecule has 0 fully saturated rings. The van der Waals surface area contributed by atoms with Crippen molar-refractivity contribution in [3.63, 3.8) is 0 Å². The van der Waals surface area contributed by atoms with E-state index in [0.29, 0.717) is 12.3 Å².